The zero-order valence-corrected chi connectivity index (χ0v) is 7.97. The van der Waals surface area contributed by atoms with Gasteiger partial charge in [-0.15, -0.1) is 0 Å². The fourth-order valence-corrected chi connectivity index (χ4v) is 1.16. The van der Waals surface area contributed by atoms with E-state index in [0.29, 0.717) is 12.2 Å². The third kappa shape index (κ3) is 2.40. The highest BCUT2D eigenvalue weighted by Crippen LogP contribution is 1.95. The number of carbonyl (C=O) groups is 1. The summed E-state index contributed by atoms with van der Waals surface area (Å²) in [6.07, 6.45) is 6.51. The van der Waals surface area contributed by atoms with Crippen LogP contribution in [-0.4, -0.2) is 20.9 Å². The standard InChI is InChI=1S/C10H10N4O/c15-10(9-2-1-3-13-9)14-7-8-6-11-4-5-12-8/h1-6,13H,7H2,(H,14,15). The smallest absolute Gasteiger partial charge is 0.268 e. The lowest BCUT2D eigenvalue weighted by atomic mass is 10.4. The Labute approximate surface area is 86.6 Å². The number of aromatic amines is 1. The summed E-state index contributed by atoms with van der Waals surface area (Å²) < 4.78 is 0. The molecule has 2 rings (SSSR count). The first kappa shape index (κ1) is 9.39. The maximum absolute atomic E-state index is 11.5. The van der Waals surface area contributed by atoms with Crippen molar-refractivity contribution in [1.82, 2.24) is 20.3 Å². The van der Waals surface area contributed by atoms with Crippen LogP contribution in [0, 0.1) is 0 Å². The second-order valence-electron chi connectivity index (χ2n) is 2.96. The van der Waals surface area contributed by atoms with Crippen molar-refractivity contribution in [1.29, 1.82) is 0 Å². The van der Waals surface area contributed by atoms with Gasteiger partial charge in [-0.2, -0.15) is 0 Å². The number of amides is 1. The van der Waals surface area contributed by atoms with E-state index in [1.165, 1.54) is 0 Å². The Kier molecular flexibility index (Phi) is 2.73. The average molecular weight is 202 g/mol. The molecule has 0 atom stereocenters. The third-order valence-electron chi connectivity index (χ3n) is 1.89. The van der Waals surface area contributed by atoms with Gasteiger partial charge in [0.1, 0.15) is 5.69 Å². The van der Waals surface area contributed by atoms with Crippen LogP contribution in [0.25, 0.3) is 0 Å². The molecule has 0 spiro atoms. The van der Waals surface area contributed by atoms with Crippen LogP contribution >= 0.6 is 0 Å². The molecule has 2 N–H and O–H groups in total. The summed E-state index contributed by atoms with van der Waals surface area (Å²) in [5.41, 5.74) is 1.27. The van der Waals surface area contributed by atoms with Crippen LogP contribution in [0.2, 0.25) is 0 Å². The Bertz CT molecular complexity index is 424. The molecular weight excluding hydrogens is 192 g/mol. The van der Waals surface area contributed by atoms with Gasteiger partial charge >= 0.3 is 0 Å². The van der Waals surface area contributed by atoms with E-state index in [2.05, 4.69) is 20.3 Å². The van der Waals surface area contributed by atoms with E-state index < -0.39 is 0 Å². The molecule has 15 heavy (non-hydrogen) atoms. The summed E-state index contributed by atoms with van der Waals surface area (Å²) in [5.74, 6) is -0.148. The van der Waals surface area contributed by atoms with Gasteiger partial charge in [0.2, 0.25) is 0 Å². The van der Waals surface area contributed by atoms with Crippen LogP contribution in [0.4, 0.5) is 0 Å². The average Bonchev–Trinajstić information content (AvgIpc) is 2.81. The zero-order valence-electron chi connectivity index (χ0n) is 7.97. The molecule has 0 aromatic carbocycles. The molecular formula is C10H10N4O. The summed E-state index contributed by atoms with van der Waals surface area (Å²) in [4.78, 5) is 22.3. The molecule has 1 amide bonds. The highest BCUT2D eigenvalue weighted by Gasteiger charge is 2.04. The van der Waals surface area contributed by atoms with Gasteiger partial charge in [-0.3, -0.25) is 14.8 Å². The molecule has 0 aliphatic heterocycles. The lowest BCUT2D eigenvalue weighted by Crippen LogP contribution is -2.23. The maximum atomic E-state index is 11.5. The molecule has 0 aliphatic carbocycles. The Balaban J connectivity index is 1.92. The third-order valence-corrected chi connectivity index (χ3v) is 1.89. The molecule has 5 nitrogen and oxygen atoms in total. The quantitative estimate of drug-likeness (QED) is 0.771. The monoisotopic (exact) mass is 202 g/mol. The first-order valence-electron chi connectivity index (χ1n) is 4.53. The van der Waals surface area contributed by atoms with Crippen LogP contribution in [0.1, 0.15) is 16.2 Å². The fourth-order valence-electron chi connectivity index (χ4n) is 1.16. The molecule has 76 valence electrons. The van der Waals surface area contributed by atoms with Crippen molar-refractivity contribution >= 4 is 5.91 Å². The fraction of sp³-hybridized carbons (Fsp3) is 0.100. The van der Waals surface area contributed by atoms with Gasteiger partial charge in [0.05, 0.1) is 18.4 Å². The first-order chi connectivity index (χ1) is 7.36. The van der Waals surface area contributed by atoms with Crippen molar-refractivity contribution in [3.8, 4) is 0 Å². The van der Waals surface area contributed by atoms with Crippen LogP contribution in [0.5, 0.6) is 0 Å². The zero-order chi connectivity index (χ0) is 10.5. The molecule has 0 aliphatic rings. The van der Waals surface area contributed by atoms with Gasteiger partial charge in [-0.1, -0.05) is 0 Å². The van der Waals surface area contributed by atoms with Crippen LogP contribution in [-0.2, 0) is 6.54 Å². The van der Waals surface area contributed by atoms with E-state index in [4.69, 9.17) is 0 Å². The minimum atomic E-state index is -0.148. The van der Waals surface area contributed by atoms with Crippen molar-refractivity contribution in [3.05, 3.63) is 48.3 Å². The molecule has 5 heteroatoms. The molecule has 0 saturated carbocycles. The summed E-state index contributed by atoms with van der Waals surface area (Å²) >= 11 is 0. The van der Waals surface area contributed by atoms with Crippen molar-refractivity contribution in [2.75, 3.05) is 0 Å². The molecule has 2 aromatic heterocycles. The summed E-state index contributed by atoms with van der Waals surface area (Å²) in [6.45, 7) is 0.381. The van der Waals surface area contributed by atoms with Crippen LogP contribution in [0.15, 0.2) is 36.9 Å². The van der Waals surface area contributed by atoms with E-state index in [1.807, 2.05) is 0 Å². The molecule has 0 unspecified atom stereocenters. The van der Waals surface area contributed by atoms with Gasteiger partial charge in [0.25, 0.3) is 5.91 Å². The van der Waals surface area contributed by atoms with Gasteiger partial charge in [-0.05, 0) is 12.1 Å². The minimum absolute atomic E-state index is 0.148. The number of carbonyl (C=O) groups excluding carboxylic acids is 1. The lowest BCUT2D eigenvalue weighted by molar-refractivity contribution is 0.0946. The highest BCUT2D eigenvalue weighted by molar-refractivity contribution is 5.92. The topological polar surface area (TPSA) is 70.7 Å². The van der Waals surface area contributed by atoms with E-state index in [0.717, 1.165) is 5.69 Å². The predicted octanol–water partition coefficient (Wildman–Crippen LogP) is 0.735. The molecule has 0 radical (unpaired) electrons. The van der Waals surface area contributed by atoms with E-state index in [9.17, 15) is 4.79 Å². The summed E-state index contributed by atoms with van der Waals surface area (Å²) in [5, 5.41) is 2.73. The molecule has 2 aromatic rings. The minimum Gasteiger partial charge on any atom is -0.357 e. The Hall–Kier alpha value is -2.17. The molecule has 2 heterocycles. The second kappa shape index (κ2) is 4.36. The number of nitrogens with zero attached hydrogens (tertiary/aromatic N) is 2. The maximum Gasteiger partial charge on any atom is 0.268 e. The second-order valence-corrected chi connectivity index (χ2v) is 2.96. The van der Waals surface area contributed by atoms with Crippen molar-refractivity contribution in [2.45, 2.75) is 6.54 Å². The predicted molar refractivity (Wildman–Crippen MR) is 54.0 cm³/mol. The number of hydrogen-bond acceptors (Lipinski definition) is 3. The van der Waals surface area contributed by atoms with Crippen molar-refractivity contribution < 1.29 is 4.79 Å². The van der Waals surface area contributed by atoms with E-state index >= 15 is 0 Å². The van der Waals surface area contributed by atoms with E-state index in [1.54, 1.807) is 36.9 Å². The Morgan fingerprint density at radius 3 is 3.07 bits per heavy atom. The molecule has 0 saturated heterocycles. The molecule has 0 bridgehead atoms. The number of aromatic nitrogens is 3. The van der Waals surface area contributed by atoms with Crippen molar-refractivity contribution in [3.63, 3.8) is 0 Å². The Morgan fingerprint density at radius 2 is 2.40 bits per heavy atom. The Morgan fingerprint density at radius 1 is 1.47 bits per heavy atom. The highest BCUT2D eigenvalue weighted by atomic mass is 16.1. The van der Waals surface area contributed by atoms with Gasteiger partial charge in [-0.25, -0.2) is 0 Å². The largest absolute Gasteiger partial charge is 0.357 e. The first-order valence-corrected chi connectivity index (χ1v) is 4.53. The van der Waals surface area contributed by atoms with Gasteiger partial charge < -0.3 is 10.3 Å². The van der Waals surface area contributed by atoms with Crippen LogP contribution in [0.3, 0.4) is 0 Å². The van der Waals surface area contributed by atoms with E-state index in [-0.39, 0.29) is 5.91 Å². The summed E-state index contributed by atoms with van der Waals surface area (Å²) in [6, 6.07) is 3.49. The molecule has 0 fully saturated rings. The number of H-pyrrole nitrogens is 1. The number of rotatable bonds is 3. The van der Waals surface area contributed by atoms with Crippen molar-refractivity contribution in [2.24, 2.45) is 0 Å². The van der Waals surface area contributed by atoms with Crippen LogP contribution < -0.4 is 5.32 Å². The number of nitrogens with one attached hydrogen (secondary N) is 2. The lowest BCUT2D eigenvalue weighted by Gasteiger charge is -2.01. The van der Waals surface area contributed by atoms with Gasteiger partial charge in [0, 0.05) is 18.6 Å². The van der Waals surface area contributed by atoms with Gasteiger partial charge in [0.15, 0.2) is 0 Å². The summed E-state index contributed by atoms with van der Waals surface area (Å²) in [7, 11) is 0. The number of hydrogen-bond donors (Lipinski definition) is 2. The normalized spacial score (nSPS) is 9.87. The SMILES string of the molecule is O=C(NCc1cnccn1)c1ccc[nH]1.